The second kappa shape index (κ2) is 9.36. The molecule has 0 spiro atoms. The highest BCUT2D eigenvalue weighted by atomic mass is 16.7. The summed E-state index contributed by atoms with van der Waals surface area (Å²) in [7, 11) is 3.10. The molecule has 14 heavy (non-hydrogen) atoms. The van der Waals surface area contributed by atoms with Crippen LogP contribution in [0, 0.1) is 5.92 Å². The minimum atomic E-state index is -0.540. The van der Waals surface area contributed by atoms with Crippen LogP contribution in [0.5, 0.6) is 0 Å². The lowest BCUT2D eigenvalue weighted by Gasteiger charge is -2.18. The van der Waals surface area contributed by atoms with E-state index < -0.39 is 6.10 Å². The average Bonchev–Trinajstić information content (AvgIpc) is 2.18. The van der Waals surface area contributed by atoms with E-state index in [1.807, 2.05) is 6.92 Å². The smallest absolute Gasteiger partial charge is 0.146 e. The Morgan fingerprint density at radius 3 is 2.00 bits per heavy atom. The molecule has 0 bridgehead atoms. The van der Waals surface area contributed by atoms with Gasteiger partial charge >= 0.3 is 0 Å². The molecule has 0 amide bonds. The Kier molecular flexibility index (Phi) is 9.23. The molecule has 0 heterocycles. The fourth-order valence-electron chi connectivity index (χ4n) is 0.845. The lowest BCUT2D eigenvalue weighted by molar-refractivity contribution is -0.0932. The van der Waals surface area contributed by atoms with Crippen molar-refractivity contribution in [3.63, 3.8) is 0 Å². The maximum atomic E-state index is 9.54. The van der Waals surface area contributed by atoms with Crippen molar-refractivity contribution in [2.24, 2.45) is 5.92 Å². The molecule has 0 fully saturated rings. The molecule has 0 saturated carbocycles. The predicted octanol–water partition coefficient (Wildman–Crippen LogP) is 0.224. The van der Waals surface area contributed by atoms with Crippen molar-refractivity contribution in [2.45, 2.75) is 13.0 Å². The summed E-state index contributed by atoms with van der Waals surface area (Å²) in [6.45, 7) is 3.03. The zero-order valence-corrected chi connectivity index (χ0v) is 9.06. The van der Waals surface area contributed by atoms with Crippen LogP contribution in [0.25, 0.3) is 0 Å². The molecule has 0 aromatic rings. The van der Waals surface area contributed by atoms with E-state index in [4.69, 9.17) is 14.2 Å². The molecule has 0 aliphatic rings. The van der Waals surface area contributed by atoms with E-state index in [1.54, 1.807) is 7.11 Å². The highest BCUT2D eigenvalue weighted by Crippen LogP contribution is 2.04. The van der Waals surface area contributed by atoms with Crippen LogP contribution in [0.1, 0.15) is 6.92 Å². The van der Waals surface area contributed by atoms with Crippen LogP contribution in [-0.4, -0.2) is 52.2 Å². The van der Waals surface area contributed by atoms with Crippen LogP contribution < -0.4 is 0 Å². The molecule has 1 N–H and O–H groups in total. The summed E-state index contributed by atoms with van der Waals surface area (Å²) in [5.41, 5.74) is 0. The van der Waals surface area contributed by atoms with E-state index in [0.717, 1.165) is 0 Å². The highest BCUT2D eigenvalue weighted by Gasteiger charge is 2.14. The van der Waals surface area contributed by atoms with Crippen molar-refractivity contribution in [1.29, 1.82) is 0 Å². The lowest BCUT2D eigenvalue weighted by atomic mass is 10.1. The monoisotopic (exact) mass is 208 g/mol. The van der Waals surface area contributed by atoms with E-state index in [1.165, 1.54) is 7.11 Å². The maximum Gasteiger partial charge on any atom is 0.146 e. The summed E-state index contributed by atoms with van der Waals surface area (Å²) in [5, 5.41) is 9.54. The third kappa shape index (κ3) is 7.23. The fraction of sp³-hybridized carbons (Fsp3) is 1.00. The van der Waals surface area contributed by atoms with Gasteiger partial charge in [0.1, 0.15) is 13.6 Å². The minimum absolute atomic E-state index is 0.0157. The summed E-state index contributed by atoms with van der Waals surface area (Å²) in [5.74, 6) is 0.0157. The number of ether oxygens (including phenoxy) is 4. The van der Waals surface area contributed by atoms with Gasteiger partial charge in [-0.05, 0) is 0 Å². The Balaban J connectivity index is 3.39. The fourth-order valence-corrected chi connectivity index (χ4v) is 0.845. The molecule has 0 aromatic carbocycles. The van der Waals surface area contributed by atoms with Gasteiger partial charge in [-0.15, -0.1) is 0 Å². The first-order valence-corrected chi connectivity index (χ1v) is 4.53. The first kappa shape index (κ1) is 13.8. The summed E-state index contributed by atoms with van der Waals surface area (Å²) in [4.78, 5) is 0. The standard InChI is InChI=1S/C9H20O5/c1-8(4-13-6-11-2)9(10)5-14-7-12-3/h8-10H,4-7H2,1-3H3/t8-,9-/m0/s1. The van der Waals surface area contributed by atoms with E-state index in [9.17, 15) is 5.11 Å². The number of methoxy groups -OCH3 is 2. The predicted molar refractivity (Wildman–Crippen MR) is 50.8 cm³/mol. The summed E-state index contributed by atoms with van der Waals surface area (Å²) in [6, 6.07) is 0. The number of aliphatic hydroxyl groups is 1. The maximum absolute atomic E-state index is 9.54. The van der Waals surface area contributed by atoms with Gasteiger partial charge in [0.2, 0.25) is 0 Å². The summed E-state index contributed by atoms with van der Waals surface area (Å²) >= 11 is 0. The van der Waals surface area contributed by atoms with Crippen molar-refractivity contribution in [1.82, 2.24) is 0 Å². The Morgan fingerprint density at radius 2 is 1.50 bits per heavy atom. The molecule has 0 aromatic heterocycles. The van der Waals surface area contributed by atoms with Crippen LogP contribution >= 0.6 is 0 Å². The van der Waals surface area contributed by atoms with Gasteiger partial charge in [0.05, 0.1) is 19.3 Å². The molecule has 86 valence electrons. The van der Waals surface area contributed by atoms with Gasteiger partial charge in [0, 0.05) is 20.1 Å². The molecule has 5 nitrogen and oxygen atoms in total. The van der Waals surface area contributed by atoms with Crippen LogP contribution in [0.4, 0.5) is 0 Å². The number of hydrogen-bond acceptors (Lipinski definition) is 5. The summed E-state index contributed by atoms with van der Waals surface area (Å²) in [6.07, 6.45) is -0.540. The molecule has 5 heteroatoms. The molecule has 0 unspecified atom stereocenters. The molecule has 0 rings (SSSR count). The van der Waals surface area contributed by atoms with Crippen molar-refractivity contribution >= 4 is 0 Å². The topological polar surface area (TPSA) is 57.2 Å². The van der Waals surface area contributed by atoms with Crippen LogP contribution in [0.3, 0.4) is 0 Å². The third-order valence-corrected chi connectivity index (χ3v) is 1.73. The lowest BCUT2D eigenvalue weighted by Crippen LogP contribution is -2.27. The van der Waals surface area contributed by atoms with E-state index >= 15 is 0 Å². The second-order valence-electron chi connectivity index (χ2n) is 3.10. The number of rotatable bonds is 9. The number of aliphatic hydroxyl groups excluding tert-OH is 1. The second-order valence-corrected chi connectivity index (χ2v) is 3.10. The van der Waals surface area contributed by atoms with Gasteiger partial charge in [-0.3, -0.25) is 0 Å². The Morgan fingerprint density at radius 1 is 1.00 bits per heavy atom. The molecule has 2 atom stereocenters. The van der Waals surface area contributed by atoms with E-state index in [-0.39, 0.29) is 26.1 Å². The first-order chi connectivity index (χ1) is 6.72. The number of hydrogen-bond donors (Lipinski definition) is 1. The van der Waals surface area contributed by atoms with Crippen LogP contribution in [0.15, 0.2) is 0 Å². The Labute approximate surface area is 84.9 Å². The zero-order chi connectivity index (χ0) is 10.8. The minimum Gasteiger partial charge on any atom is -0.390 e. The van der Waals surface area contributed by atoms with Crippen molar-refractivity contribution in [2.75, 3.05) is 41.0 Å². The molecule has 0 aliphatic carbocycles. The van der Waals surface area contributed by atoms with Crippen LogP contribution in [0.2, 0.25) is 0 Å². The quantitative estimate of drug-likeness (QED) is 0.434. The van der Waals surface area contributed by atoms with E-state index in [0.29, 0.717) is 6.61 Å². The van der Waals surface area contributed by atoms with Gasteiger partial charge in [0.15, 0.2) is 0 Å². The third-order valence-electron chi connectivity index (χ3n) is 1.73. The van der Waals surface area contributed by atoms with Crippen molar-refractivity contribution in [3.05, 3.63) is 0 Å². The summed E-state index contributed by atoms with van der Waals surface area (Å²) < 4.78 is 19.5. The SMILES string of the molecule is COCOC[C@H](C)[C@@H](O)COCOC. The Hall–Kier alpha value is -0.200. The van der Waals surface area contributed by atoms with Gasteiger partial charge < -0.3 is 24.1 Å². The molecule has 0 saturated heterocycles. The first-order valence-electron chi connectivity index (χ1n) is 4.53. The largest absolute Gasteiger partial charge is 0.390 e. The van der Waals surface area contributed by atoms with Gasteiger partial charge in [-0.25, -0.2) is 0 Å². The molecule has 0 aliphatic heterocycles. The molecular formula is C9H20O5. The van der Waals surface area contributed by atoms with Crippen molar-refractivity contribution < 1.29 is 24.1 Å². The van der Waals surface area contributed by atoms with Gasteiger partial charge in [-0.2, -0.15) is 0 Å². The average molecular weight is 208 g/mol. The molecular weight excluding hydrogens is 188 g/mol. The highest BCUT2D eigenvalue weighted by molar-refractivity contribution is 4.62. The van der Waals surface area contributed by atoms with Crippen molar-refractivity contribution in [3.8, 4) is 0 Å². The van der Waals surface area contributed by atoms with Gasteiger partial charge in [0.25, 0.3) is 0 Å². The molecule has 0 radical (unpaired) electrons. The van der Waals surface area contributed by atoms with Gasteiger partial charge in [-0.1, -0.05) is 6.92 Å². The Bertz CT molecular complexity index is 106. The normalized spacial score (nSPS) is 15.4. The van der Waals surface area contributed by atoms with E-state index in [2.05, 4.69) is 4.74 Å². The van der Waals surface area contributed by atoms with Crippen LogP contribution in [-0.2, 0) is 18.9 Å². The zero-order valence-electron chi connectivity index (χ0n) is 9.06.